The maximum absolute atomic E-state index is 11.4. The smallest absolute Gasteiger partial charge is 0.280 e. The zero-order valence-electron chi connectivity index (χ0n) is 10.5. The molecule has 0 bridgehead atoms. The number of nitro benzene ring substituents is 1. The van der Waals surface area contributed by atoms with E-state index in [1.54, 1.807) is 4.90 Å². The van der Waals surface area contributed by atoms with Crippen LogP contribution in [0.15, 0.2) is 18.2 Å². The van der Waals surface area contributed by atoms with Gasteiger partial charge in [-0.3, -0.25) is 19.7 Å². The third-order valence-electron chi connectivity index (χ3n) is 3.12. The molecular weight excluding hydrogens is 266 g/mol. The van der Waals surface area contributed by atoms with Gasteiger partial charge in [0.05, 0.1) is 23.7 Å². The molecule has 106 valence electrons. The maximum Gasteiger partial charge on any atom is 0.280 e. The van der Waals surface area contributed by atoms with E-state index in [4.69, 9.17) is 10.5 Å². The summed E-state index contributed by atoms with van der Waals surface area (Å²) in [5, 5.41) is 10.8. The molecule has 0 spiro atoms. The molecule has 8 heteroatoms. The third-order valence-corrected chi connectivity index (χ3v) is 3.12. The molecule has 1 aromatic rings. The van der Waals surface area contributed by atoms with Gasteiger partial charge in [0.1, 0.15) is 6.04 Å². The molecule has 0 aliphatic carbocycles. The molecule has 2 rings (SSSR count). The van der Waals surface area contributed by atoms with Crippen molar-refractivity contribution in [2.75, 3.05) is 24.7 Å². The van der Waals surface area contributed by atoms with Crippen LogP contribution in [0.25, 0.3) is 0 Å². The SMILES string of the molecule is NC(=O)C1COCCN1c1ccc([N+](=O)[O-])c(C=O)c1. The van der Waals surface area contributed by atoms with Crippen LogP contribution < -0.4 is 10.6 Å². The highest BCUT2D eigenvalue weighted by atomic mass is 16.6. The molecule has 1 aliphatic heterocycles. The van der Waals surface area contributed by atoms with Crippen LogP contribution in [0.1, 0.15) is 10.4 Å². The summed E-state index contributed by atoms with van der Waals surface area (Å²) in [4.78, 5) is 34.2. The minimum Gasteiger partial charge on any atom is -0.377 e. The first-order valence-electron chi connectivity index (χ1n) is 5.92. The first-order valence-corrected chi connectivity index (χ1v) is 5.92. The number of nitrogens with two attached hydrogens (primary N) is 1. The fourth-order valence-corrected chi connectivity index (χ4v) is 2.13. The van der Waals surface area contributed by atoms with Gasteiger partial charge >= 0.3 is 0 Å². The number of carbonyl (C=O) groups is 2. The van der Waals surface area contributed by atoms with Gasteiger partial charge in [0, 0.05) is 18.3 Å². The Kier molecular flexibility index (Phi) is 3.94. The number of carbonyl (C=O) groups excluding carboxylic acids is 2. The standard InChI is InChI=1S/C12H13N3O5/c13-12(17)11-7-20-4-3-14(11)9-1-2-10(15(18)19)8(5-9)6-16/h1-2,5-6,11H,3-4,7H2,(H2,13,17). The normalized spacial score (nSPS) is 18.6. The fourth-order valence-electron chi connectivity index (χ4n) is 2.13. The first-order chi connectivity index (χ1) is 9.54. The van der Waals surface area contributed by atoms with Gasteiger partial charge in [-0.2, -0.15) is 0 Å². The van der Waals surface area contributed by atoms with Crippen molar-refractivity contribution in [3.63, 3.8) is 0 Å². The van der Waals surface area contributed by atoms with Gasteiger partial charge in [-0.1, -0.05) is 0 Å². The van der Waals surface area contributed by atoms with Crippen LogP contribution in [-0.4, -0.2) is 42.9 Å². The number of amides is 1. The van der Waals surface area contributed by atoms with Crippen LogP contribution in [0.5, 0.6) is 0 Å². The number of anilines is 1. The van der Waals surface area contributed by atoms with Crippen LogP contribution in [0.3, 0.4) is 0 Å². The van der Waals surface area contributed by atoms with Gasteiger partial charge in [0.25, 0.3) is 5.69 Å². The second-order valence-corrected chi connectivity index (χ2v) is 4.30. The number of nitro groups is 1. The van der Waals surface area contributed by atoms with Crippen LogP contribution >= 0.6 is 0 Å². The van der Waals surface area contributed by atoms with Crippen LogP contribution in [-0.2, 0) is 9.53 Å². The molecule has 1 unspecified atom stereocenters. The predicted molar refractivity (Wildman–Crippen MR) is 69.6 cm³/mol. The lowest BCUT2D eigenvalue weighted by Gasteiger charge is -2.35. The van der Waals surface area contributed by atoms with Crippen molar-refractivity contribution < 1.29 is 19.2 Å². The Bertz CT molecular complexity index is 560. The summed E-state index contributed by atoms with van der Waals surface area (Å²) in [6.45, 7) is 0.990. The van der Waals surface area contributed by atoms with Crippen molar-refractivity contribution in [1.82, 2.24) is 0 Å². The number of ether oxygens (including phenoxy) is 1. The Labute approximate surface area is 114 Å². The molecule has 1 atom stereocenters. The largest absolute Gasteiger partial charge is 0.377 e. The van der Waals surface area contributed by atoms with Gasteiger partial charge in [-0.15, -0.1) is 0 Å². The van der Waals surface area contributed by atoms with Crippen LogP contribution in [0.2, 0.25) is 0 Å². The molecule has 1 fully saturated rings. The zero-order valence-corrected chi connectivity index (χ0v) is 10.5. The molecule has 0 radical (unpaired) electrons. The number of nitrogens with zero attached hydrogens (tertiary/aromatic N) is 2. The molecule has 1 heterocycles. The highest BCUT2D eigenvalue weighted by molar-refractivity contribution is 5.87. The summed E-state index contributed by atoms with van der Waals surface area (Å²) < 4.78 is 5.19. The van der Waals surface area contributed by atoms with Crippen LogP contribution in [0, 0.1) is 10.1 Å². The third kappa shape index (κ3) is 2.59. The number of primary amides is 1. The minimum atomic E-state index is -0.648. The van der Waals surface area contributed by atoms with Gasteiger partial charge in [-0.05, 0) is 12.1 Å². The Morgan fingerprint density at radius 1 is 1.55 bits per heavy atom. The average molecular weight is 279 g/mol. The quantitative estimate of drug-likeness (QED) is 0.474. The Hall–Kier alpha value is -2.48. The van der Waals surface area contributed by atoms with Gasteiger partial charge in [0.15, 0.2) is 6.29 Å². The molecule has 0 aromatic heterocycles. The number of aldehydes is 1. The highest BCUT2D eigenvalue weighted by Gasteiger charge is 2.28. The summed E-state index contributed by atoms with van der Waals surface area (Å²) in [5.74, 6) is -0.546. The highest BCUT2D eigenvalue weighted by Crippen LogP contribution is 2.26. The molecule has 1 saturated heterocycles. The Morgan fingerprint density at radius 3 is 2.90 bits per heavy atom. The molecule has 2 N–H and O–H groups in total. The minimum absolute atomic E-state index is 0.0396. The van der Waals surface area contributed by atoms with Crippen molar-refractivity contribution in [3.05, 3.63) is 33.9 Å². The lowest BCUT2D eigenvalue weighted by atomic mass is 10.1. The van der Waals surface area contributed by atoms with Gasteiger partial charge in [0.2, 0.25) is 5.91 Å². The second-order valence-electron chi connectivity index (χ2n) is 4.30. The topological polar surface area (TPSA) is 116 Å². The Balaban J connectivity index is 2.38. The summed E-state index contributed by atoms with van der Waals surface area (Å²) >= 11 is 0. The molecule has 1 aliphatic rings. The summed E-state index contributed by atoms with van der Waals surface area (Å²) in [5.41, 5.74) is 5.53. The molecule has 20 heavy (non-hydrogen) atoms. The van der Waals surface area contributed by atoms with E-state index in [0.717, 1.165) is 0 Å². The van der Waals surface area contributed by atoms with E-state index in [0.29, 0.717) is 25.1 Å². The van der Waals surface area contributed by atoms with E-state index >= 15 is 0 Å². The van der Waals surface area contributed by atoms with Crippen molar-refractivity contribution in [1.29, 1.82) is 0 Å². The number of rotatable bonds is 4. The maximum atomic E-state index is 11.4. The summed E-state index contributed by atoms with van der Waals surface area (Å²) in [6, 6.07) is 3.47. The average Bonchev–Trinajstić information content (AvgIpc) is 2.46. The van der Waals surface area contributed by atoms with Crippen molar-refractivity contribution >= 4 is 23.6 Å². The van der Waals surface area contributed by atoms with Crippen molar-refractivity contribution in [2.45, 2.75) is 6.04 Å². The van der Waals surface area contributed by atoms with E-state index in [2.05, 4.69) is 0 Å². The van der Waals surface area contributed by atoms with E-state index in [9.17, 15) is 19.7 Å². The number of morpholine rings is 1. The summed E-state index contributed by atoms with van der Waals surface area (Å²) in [7, 11) is 0. The zero-order chi connectivity index (χ0) is 14.7. The monoisotopic (exact) mass is 279 g/mol. The number of hydrogen-bond donors (Lipinski definition) is 1. The molecule has 0 saturated carbocycles. The molecule has 8 nitrogen and oxygen atoms in total. The van der Waals surface area contributed by atoms with E-state index in [1.807, 2.05) is 0 Å². The van der Waals surface area contributed by atoms with E-state index in [1.165, 1.54) is 18.2 Å². The van der Waals surface area contributed by atoms with Crippen LogP contribution in [0.4, 0.5) is 11.4 Å². The number of hydrogen-bond acceptors (Lipinski definition) is 6. The molecule has 1 amide bonds. The van der Waals surface area contributed by atoms with Gasteiger partial charge in [-0.25, -0.2) is 0 Å². The number of benzene rings is 1. The molecule has 1 aromatic carbocycles. The summed E-state index contributed by atoms with van der Waals surface area (Å²) in [6.07, 6.45) is 0.418. The lowest BCUT2D eigenvalue weighted by molar-refractivity contribution is -0.385. The van der Waals surface area contributed by atoms with Gasteiger partial charge < -0.3 is 15.4 Å². The second kappa shape index (κ2) is 5.66. The van der Waals surface area contributed by atoms with Crippen molar-refractivity contribution in [3.8, 4) is 0 Å². The molecular formula is C12H13N3O5. The lowest BCUT2D eigenvalue weighted by Crippen LogP contribution is -2.52. The Morgan fingerprint density at radius 2 is 2.30 bits per heavy atom. The van der Waals surface area contributed by atoms with E-state index < -0.39 is 16.9 Å². The fraction of sp³-hybridized carbons (Fsp3) is 0.333. The van der Waals surface area contributed by atoms with Crippen molar-refractivity contribution in [2.24, 2.45) is 5.73 Å². The predicted octanol–water partition coefficient (Wildman–Crippen LogP) is 0.0978. The van der Waals surface area contributed by atoms with E-state index in [-0.39, 0.29) is 17.9 Å². The first kappa shape index (κ1) is 13.9.